The summed E-state index contributed by atoms with van der Waals surface area (Å²) in [4.78, 5) is 36.2. The first-order chi connectivity index (χ1) is 16.5. The van der Waals surface area contributed by atoms with E-state index in [-0.39, 0.29) is 30.8 Å². The Balaban J connectivity index is 1.55. The van der Waals surface area contributed by atoms with Crippen molar-refractivity contribution in [3.63, 3.8) is 0 Å². The summed E-state index contributed by atoms with van der Waals surface area (Å²) < 4.78 is 15.3. The first-order valence-electron chi connectivity index (χ1n) is 10.8. The molecule has 34 heavy (non-hydrogen) atoms. The maximum absolute atomic E-state index is 12.6. The first kappa shape index (κ1) is 24.3. The molecule has 0 saturated carbocycles. The van der Waals surface area contributed by atoms with E-state index >= 15 is 0 Å². The fourth-order valence-electron chi connectivity index (χ4n) is 3.07. The van der Waals surface area contributed by atoms with Gasteiger partial charge in [-0.15, -0.1) is 0 Å². The van der Waals surface area contributed by atoms with E-state index in [0.717, 1.165) is 12.0 Å². The number of anilines is 2. The Labute approximate surface area is 197 Å². The maximum atomic E-state index is 12.6. The minimum atomic E-state index is -0.807. The molecule has 0 bridgehead atoms. The molecule has 8 nitrogen and oxygen atoms in total. The lowest BCUT2D eigenvalue weighted by molar-refractivity contribution is -0.118. The van der Waals surface area contributed by atoms with Crippen molar-refractivity contribution in [2.45, 2.75) is 20.3 Å². The van der Waals surface area contributed by atoms with Crippen molar-refractivity contribution in [1.82, 2.24) is 0 Å². The number of nitrogens with one attached hydrogen (secondary N) is 2. The van der Waals surface area contributed by atoms with Gasteiger partial charge in [-0.1, -0.05) is 31.2 Å². The van der Waals surface area contributed by atoms with Crippen molar-refractivity contribution >= 4 is 29.3 Å². The predicted octanol–water partition coefficient (Wildman–Crippen LogP) is 5.05. The van der Waals surface area contributed by atoms with Gasteiger partial charge in [0.15, 0.2) is 6.61 Å². The van der Waals surface area contributed by atoms with Crippen LogP contribution >= 0.6 is 0 Å². The molecule has 0 aromatic heterocycles. The van der Waals surface area contributed by atoms with E-state index in [2.05, 4.69) is 10.6 Å². The van der Waals surface area contributed by atoms with Gasteiger partial charge in [0.25, 0.3) is 11.8 Å². The van der Waals surface area contributed by atoms with Gasteiger partial charge in [0, 0.05) is 16.9 Å². The Kier molecular flexibility index (Phi) is 8.62. The molecule has 3 aromatic carbocycles. The topological polar surface area (TPSA) is 103 Å². The SMILES string of the molecule is CCOC(=O)Oc1ccc(C(=O)Nc2cccc(NC(=O)COc3ccccc3CC)c2)cc1. The summed E-state index contributed by atoms with van der Waals surface area (Å²) in [5, 5.41) is 5.53. The zero-order valence-electron chi connectivity index (χ0n) is 19.0. The summed E-state index contributed by atoms with van der Waals surface area (Å²) in [5.41, 5.74) is 2.43. The average molecular weight is 463 g/mol. The van der Waals surface area contributed by atoms with Crippen molar-refractivity contribution in [3.8, 4) is 11.5 Å². The molecule has 3 rings (SSSR count). The Hall–Kier alpha value is -4.33. The number of hydrogen-bond acceptors (Lipinski definition) is 6. The molecular formula is C26H26N2O6. The molecule has 2 amide bonds. The molecule has 0 heterocycles. The van der Waals surface area contributed by atoms with E-state index in [0.29, 0.717) is 22.7 Å². The van der Waals surface area contributed by atoms with Crippen LogP contribution in [0.1, 0.15) is 29.8 Å². The van der Waals surface area contributed by atoms with Gasteiger partial charge in [-0.2, -0.15) is 0 Å². The van der Waals surface area contributed by atoms with Crippen molar-refractivity contribution in [1.29, 1.82) is 0 Å². The van der Waals surface area contributed by atoms with Gasteiger partial charge in [0.2, 0.25) is 0 Å². The van der Waals surface area contributed by atoms with Crippen LogP contribution in [0.2, 0.25) is 0 Å². The van der Waals surface area contributed by atoms with Crippen LogP contribution in [0, 0.1) is 0 Å². The van der Waals surface area contributed by atoms with E-state index in [4.69, 9.17) is 14.2 Å². The molecule has 0 unspecified atom stereocenters. The lowest BCUT2D eigenvalue weighted by Crippen LogP contribution is -2.20. The molecule has 176 valence electrons. The van der Waals surface area contributed by atoms with Crippen LogP contribution in [0.5, 0.6) is 11.5 Å². The summed E-state index contributed by atoms with van der Waals surface area (Å²) in [6.45, 7) is 3.77. The quantitative estimate of drug-likeness (QED) is 0.341. The highest BCUT2D eigenvalue weighted by atomic mass is 16.7. The van der Waals surface area contributed by atoms with Crippen LogP contribution in [0.4, 0.5) is 16.2 Å². The number of amides is 2. The van der Waals surface area contributed by atoms with E-state index in [9.17, 15) is 14.4 Å². The second-order valence-corrected chi connectivity index (χ2v) is 7.14. The third kappa shape index (κ3) is 7.09. The van der Waals surface area contributed by atoms with Gasteiger partial charge < -0.3 is 24.8 Å². The van der Waals surface area contributed by atoms with E-state index in [1.807, 2.05) is 31.2 Å². The van der Waals surface area contributed by atoms with Crippen molar-refractivity contribution in [3.05, 3.63) is 83.9 Å². The van der Waals surface area contributed by atoms with E-state index < -0.39 is 6.16 Å². The number of carbonyl (C=O) groups is 3. The zero-order valence-corrected chi connectivity index (χ0v) is 19.0. The predicted molar refractivity (Wildman–Crippen MR) is 128 cm³/mol. The summed E-state index contributed by atoms with van der Waals surface area (Å²) in [6, 6.07) is 20.4. The molecule has 0 fully saturated rings. The molecule has 0 spiro atoms. The molecule has 0 saturated heterocycles. The molecule has 0 aliphatic rings. The summed E-state index contributed by atoms with van der Waals surface area (Å²) in [5.74, 6) is 0.278. The fraction of sp³-hybridized carbons (Fsp3) is 0.192. The average Bonchev–Trinajstić information content (AvgIpc) is 2.83. The van der Waals surface area contributed by atoms with E-state index in [1.165, 1.54) is 24.3 Å². The maximum Gasteiger partial charge on any atom is 0.513 e. The smallest absolute Gasteiger partial charge is 0.483 e. The lowest BCUT2D eigenvalue weighted by Gasteiger charge is -2.11. The van der Waals surface area contributed by atoms with Gasteiger partial charge in [0.1, 0.15) is 11.5 Å². The van der Waals surface area contributed by atoms with Crippen LogP contribution < -0.4 is 20.1 Å². The van der Waals surface area contributed by atoms with Crippen molar-refractivity contribution < 1.29 is 28.6 Å². The lowest BCUT2D eigenvalue weighted by atomic mass is 10.1. The molecule has 8 heteroatoms. The number of hydrogen-bond donors (Lipinski definition) is 2. The number of rotatable bonds is 9. The minimum absolute atomic E-state index is 0.131. The molecule has 0 aliphatic heterocycles. The zero-order chi connectivity index (χ0) is 24.3. The number of carbonyl (C=O) groups excluding carboxylic acids is 3. The van der Waals surface area contributed by atoms with E-state index in [1.54, 1.807) is 31.2 Å². The van der Waals surface area contributed by atoms with Crippen molar-refractivity contribution in [2.75, 3.05) is 23.8 Å². The Morgan fingerprint density at radius 3 is 2.24 bits per heavy atom. The molecular weight excluding hydrogens is 436 g/mol. The molecule has 3 aromatic rings. The highest BCUT2D eigenvalue weighted by Gasteiger charge is 2.10. The van der Waals surface area contributed by atoms with Crippen LogP contribution in [-0.4, -0.2) is 31.2 Å². The number of aryl methyl sites for hydroxylation is 1. The third-order valence-electron chi connectivity index (χ3n) is 4.70. The molecule has 0 aliphatic carbocycles. The van der Waals surface area contributed by atoms with Crippen LogP contribution in [0.15, 0.2) is 72.8 Å². The van der Waals surface area contributed by atoms with Gasteiger partial charge in [-0.05, 0) is 67.4 Å². The van der Waals surface area contributed by atoms with Gasteiger partial charge in [-0.3, -0.25) is 9.59 Å². The van der Waals surface area contributed by atoms with Crippen molar-refractivity contribution in [2.24, 2.45) is 0 Å². The fourth-order valence-corrected chi connectivity index (χ4v) is 3.07. The van der Waals surface area contributed by atoms with Crippen LogP contribution in [0.25, 0.3) is 0 Å². The van der Waals surface area contributed by atoms with Crippen LogP contribution in [0.3, 0.4) is 0 Å². The number of para-hydroxylation sites is 1. The monoisotopic (exact) mass is 462 g/mol. The van der Waals surface area contributed by atoms with Gasteiger partial charge in [0.05, 0.1) is 6.61 Å². The molecule has 0 radical (unpaired) electrons. The Bertz CT molecular complexity index is 1140. The first-order valence-corrected chi connectivity index (χ1v) is 10.8. The highest BCUT2D eigenvalue weighted by Crippen LogP contribution is 2.20. The standard InChI is InChI=1S/C26H26N2O6/c1-3-18-8-5-6-11-23(18)33-17-24(29)27-20-9-7-10-21(16-20)28-25(30)19-12-14-22(15-13-19)34-26(31)32-4-2/h5-16H,3-4,17H2,1-2H3,(H,27,29)(H,28,30). The molecule has 2 N–H and O–H groups in total. The Morgan fingerprint density at radius 2 is 1.53 bits per heavy atom. The minimum Gasteiger partial charge on any atom is -0.483 e. The summed E-state index contributed by atoms with van der Waals surface area (Å²) >= 11 is 0. The molecule has 0 atom stereocenters. The second kappa shape index (κ2) is 12.1. The highest BCUT2D eigenvalue weighted by molar-refractivity contribution is 6.04. The van der Waals surface area contributed by atoms with Gasteiger partial charge >= 0.3 is 6.16 Å². The Morgan fingerprint density at radius 1 is 0.824 bits per heavy atom. The number of benzene rings is 3. The largest absolute Gasteiger partial charge is 0.513 e. The third-order valence-corrected chi connectivity index (χ3v) is 4.70. The summed E-state index contributed by atoms with van der Waals surface area (Å²) in [6.07, 6.45) is -0.000677. The number of ether oxygens (including phenoxy) is 3. The normalized spacial score (nSPS) is 10.2. The van der Waals surface area contributed by atoms with Crippen LogP contribution in [-0.2, 0) is 16.0 Å². The van der Waals surface area contributed by atoms with Gasteiger partial charge in [-0.25, -0.2) is 4.79 Å². The summed E-state index contributed by atoms with van der Waals surface area (Å²) in [7, 11) is 0. The second-order valence-electron chi connectivity index (χ2n) is 7.14.